The van der Waals surface area contributed by atoms with E-state index in [1.165, 1.54) is 13.0 Å². The predicted molar refractivity (Wildman–Crippen MR) is 41.9 cm³/mol. The molecule has 1 rings (SSSR count). The van der Waals surface area contributed by atoms with Crippen LogP contribution in [0.5, 0.6) is 0 Å². The molecule has 0 radical (unpaired) electrons. The lowest BCUT2D eigenvalue weighted by molar-refractivity contribution is -0.117. The SMILES string of the molecule is CC(=O)N=C1CC(=O)C=CC1=O. The van der Waals surface area contributed by atoms with Crippen LogP contribution in [0, 0.1) is 0 Å². The van der Waals surface area contributed by atoms with Crippen molar-refractivity contribution in [2.75, 3.05) is 0 Å². The molecular weight excluding hydrogens is 158 g/mol. The van der Waals surface area contributed by atoms with Gasteiger partial charge in [-0.1, -0.05) is 0 Å². The summed E-state index contributed by atoms with van der Waals surface area (Å²) in [7, 11) is 0. The van der Waals surface area contributed by atoms with Crippen LogP contribution in [0.2, 0.25) is 0 Å². The van der Waals surface area contributed by atoms with Crippen LogP contribution in [0.3, 0.4) is 0 Å². The minimum Gasteiger partial charge on any atom is -0.294 e. The molecule has 0 aromatic rings. The summed E-state index contributed by atoms with van der Waals surface area (Å²) in [5, 5.41) is 0. The van der Waals surface area contributed by atoms with Crippen molar-refractivity contribution in [1.29, 1.82) is 0 Å². The Bertz CT molecular complexity index is 312. The maximum atomic E-state index is 11.0. The molecule has 0 aromatic carbocycles. The topological polar surface area (TPSA) is 63.6 Å². The Morgan fingerprint density at radius 3 is 2.67 bits per heavy atom. The van der Waals surface area contributed by atoms with E-state index in [2.05, 4.69) is 4.99 Å². The summed E-state index contributed by atoms with van der Waals surface area (Å²) in [4.78, 5) is 35.6. The minimum absolute atomic E-state index is 0.0370. The van der Waals surface area contributed by atoms with Crippen molar-refractivity contribution in [3.05, 3.63) is 12.2 Å². The van der Waals surface area contributed by atoms with Gasteiger partial charge < -0.3 is 0 Å². The normalized spacial score (nSPS) is 20.2. The molecule has 0 N–H and O–H groups in total. The molecule has 0 spiro atoms. The van der Waals surface area contributed by atoms with Crippen LogP contribution in [0.15, 0.2) is 17.1 Å². The molecule has 0 fully saturated rings. The highest BCUT2D eigenvalue weighted by Crippen LogP contribution is 2.01. The van der Waals surface area contributed by atoms with Crippen molar-refractivity contribution in [2.45, 2.75) is 13.3 Å². The Morgan fingerprint density at radius 1 is 1.42 bits per heavy atom. The van der Waals surface area contributed by atoms with E-state index in [-0.39, 0.29) is 23.7 Å². The van der Waals surface area contributed by atoms with E-state index >= 15 is 0 Å². The van der Waals surface area contributed by atoms with Crippen LogP contribution in [-0.4, -0.2) is 23.2 Å². The second-order valence-corrected chi connectivity index (χ2v) is 2.42. The molecule has 1 aliphatic carbocycles. The summed E-state index contributed by atoms with van der Waals surface area (Å²) < 4.78 is 0. The lowest BCUT2D eigenvalue weighted by atomic mass is 10.0. The summed E-state index contributed by atoms with van der Waals surface area (Å²) in [6, 6.07) is 0. The third-order valence-electron chi connectivity index (χ3n) is 1.34. The molecule has 0 aliphatic heterocycles. The van der Waals surface area contributed by atoms with Gasteiger partial charge in [-0.25, -0.2) is 4.99 Å². The van der Waals surface area contributed by atoms with E-state index < -0.39 is 5.91 Å². The standard InChI is InChI=1S/C8H7NO3/c1-5(10)9-7-4-6(11)2-3-8(7)12/h2-3H,4H2,1H3. The van der Waals surface area contributed by atoms with Gasteiger partial charge in [0.25, 0.3) is 0 Å². The molecule has 0 bridgehead atoms. The second-order valence-electron chi connectivity index (χ2n) is 2.42. The number of amides is 1. The molecule has 1 aliphatic rings. The summed E-state index contributed by atoms with van der Waals surface area (Å²) >= 11 is 0. The number of allylic oxidation sites excluding steroid dienone is 2. The third-order valence-corrected chi connectivity index (χ3v) is 1.34. The monoisotopic (exact) mass is 165 g/mol. The highest BCUT2D eigenvalue weighted by Gasteiger charge is 2.17. The first kappa shape index (κ1) is 8.52. The molecule has 12 heavy (non-hydrogen) atoms. The lowest BCUT2D eigenvalue weighted by Crippen LogP contribution is -2.21. The van der Waals surface area contributed by atoms with E-state index in [1.807, 2.05) is 0 Å². The quantitative estimate of drug-likeness (QED) is 0.510. The maximum absolute atomic E-state index is 11.0. The molecule has 0 saturated heterocycles. The molecule has 0 unspecified atom stereocenters. The Kier molecular flexibility index (Phi) is 2.28. The van der Waals surface area contributed by atoms with Gasteiger partial charge in [0, 0.05) is 6.92 Å². The Morgan fingerprint density at radius 2 is 2.08 bits per heavy atom. The molecule has 0 saturated carbocycles. The number of hydrogen-bond acceptors (Lipinski definition) is 3. The highest BCUT2D eigenvalue weighted by atomic mass is 16.2. The van der Waals surface area contributed by atoms with Gasteiger partial charge in [-0.3, -0.25) is 14.4 Å². The maximum Gasteiger partial charge on any atom is 0.242 e. The fourth-order valence-corrected chi connectivity index (χ4v) is 0.861. The molecule has 4 heteroatoms. The first-order valence-corrected chi connectivity index (χ1v) is 3.43. The van der Waals surface area contributed by atoms with Gasteiger partial charge in [0.1, 0.15) is 0 Å². The van der Waals surface area contributed by atoms with Crippen LogP contribution in [0.4, 0.5) is 0 Å². The fraction of sp³-hybridized carbons (Fsp3) is 0.250. The van der Waals surface area contributed by atoms with Crippen molar-refractivity contribution >= 4 is 23.2 Å². The number of carbonyl (C=O) groups is 3. The smallest absolute Gasteiger partial charge is 0.242 e. The predicted octanol–water partition coefficient (Wildman–Crippen LogP) is 0.0720. The Hall–Kier alpha value is -1.58. The van der Waals surface area contributed by atoms with Gasteiger partial charge >= 0.3 is 0 Å². The van der Waals surface area contributed by atoms with Gasteiger partial charge in [0.05, 0.1) is 12.1 Å². The van der Waals surface area contributed by atoms with Crippen LogP contribution in [0.25, 0.3) is 0 Å². The first-order valence-electron chi connectivity index (χ1n) is 3.43. The average molecular weight is 165 g/mol. The zero-order chi connectivity index (χ0) is 9.14. The van der Waals surface area contributed by atoms with Gasteiger partial charge in [-0.05, 0) is 12.2 Å². The number of hydrogen-bond donors (Lipinski definition) is 0. The van der Waals surface area contributed by atoms with Crippen molar-refractivity contribution in [2.24, 2.45) is 4.99 Å². The molecule has 62 valence electrons. The van der Waals surface area contributed by atoms with Crippen LogP contribution < -0.4 is 0 Å². The molecule has 0 atom stereocenters. The van der Waals surface area contributed by atoms with E-state index in [0.717, 1.165) is 6.08 Å². The van der Waals surface area contributed by atoms with Gasteiger partial charge in [-0.2, -0.15) is 0 Å². The number of nitrogens with zero attached hydrogens (tertiary/aromatic N) is 1. The third kappa shape index (κ3) is 1.95. The summed E-state index contributed by atoms with van der Waals surface area (Å²) in [5.74, 6) is -1.01. The van der Waals surface area contributed by atoms with E-state index in [1.54, 1.807) is 0 Å². The number of ketones is 2. The molecule has 4 nitrogen and oxygen atoms in total. The van der Waals surface area contributed by atoms with Crippen LogP contribution >= 0.6 is 0 Å². The summed E-state index contributed by atoms with van der Waals surface area (Å²) in [6.45, 7) is 1.24. The highest BCUT2D eigenvalue weighted by molar-refractivity contribution is 6.50. The van der Waals surface area contributed by atoms with Crippen LogP contribution in [-0.2, 0) is 14.4 Å². The number of carbonyl (C=O) groups excluding carboxylic acids is 3. The van der Waals surface area contributed by atoms with Crippen molar-refractivity contribution < 1.29 is 14.4 Å². The second kappa shape index (κ2) is 3.21. The summed E-state index contributed by atoms with van der Waals surface area (Å²) in [5.41, 5.74) is 0.0370. The zero-order valence-electron chi connectivity index (χ0n) is 6.53. The molecule has 1 amide bonds. The van der Waals surface area contributed by atoms with Crippen molar-refractivity contribution in [3.63, 3.8) is 0 Å². The first-order chi connectivity index (χ1) is 5.59. The van der Waals surface area contributed by atoms with Crippen molar-refractivity contribution in [3.8, 4) is 0 Å². The van der Waals surface area contributed by atoms with E-state index in [0.29, 0.717) is 0 Å². The molecule has 0 heterocycles. The average Bonchev–Trinajstić information content (AvgIpc) is 1.96. The largest absolute Gasteiger partial charge is 0.294 e. The van der Waals surface area contributed by atoms with Gasteiger partial charge in [-0.15, -0.1) is 0 Å². The van der Waals surface area contributed by atoms with Crippen LogP contribution in [0.1, 0.15) is 13.3 Å². The molecular formula is C8H7NO3. The van der Waals surface area contributed by atoms with Crippen molar-refractivity contribution in [1.82, 2.24) is 0 Å². The lowest BCUT2D eigenvalue weighted by Gasteiger charge is -2.02. The zero-order valence-corrected chi connectivity index (χ0v) is 6.53. The minimum atomic E-state index is -0.457. The van der Waals surface area contributed by atoms with Gasteiger partial charge in [0.15, 0.2) is 5.78 Å². The van der Waals surface area contributed by atoms with E-state index in [4.69, 9.17) is 0 Å². The van der Waals surface area contributed by atoms with E-state index in [9.17, 15) is 14.4 Å². The molecule has 0 aromatic heterocycles. The fourth-order valence-electron chi connectivity index (χ4n) is 0.861. The Balaban J connectivity index is 2.93. The van der Waals surface area contributed by atoms with Gasteiger partial charge in [0.2, 0.25) is 11.7 Å². The number of rotatable bonds is 0. The summed E-state index contributed by atoms with van der Waals surface area (Å²) in [6.07, 6.45) is 2.27. The Labute approximate surface area is 69.0 Å². The number of aliphatic imine (C=N–C) groups is 1.